The number of hydrogen-bond donors (Lipinski definition) is 1. The van der Waals surface area contributed by atoms with Crippen LogP contribution in [0.1, 0.15) is 16.7 Å². The van der Waals surface area contributed by atoms with Crippen LogP contribution in [0.5, 0.6) is 0 Å². The van der Waals surface area contributed by atoms with E-state index in [1.165, 1.54) is 18.2 Å². The van der Waals surface area contributed by atoms with Gasteiger partial charge in [-0.15, -0.1) is 0 Å². The summed E-state index contributed by atoms with van der Waals surface area (Å²) in [6.45, 7) is 0. The van der Waals surface area contributed by atoms with Crippen molar-refractivity contribution in [3.8, 4) is 0 Å². The van der Waals surface area contributed by atoms with E-state index in [1.807, 2.05) is 30.3 Å². The molecule has 2 N–H and O–H groups in total. The van der Waals surface area contributed by atoms with Crippen LogP contribution in [-0.4, -0.2) is 19.1 Å². The van der Waals surface area contributed by atoms with Gasteiger partial charge < -0.3 is 5.73 Å². The predicted molar refractivity (Wildman–Crippen MR) is 136 cm³/mol. The maximum Gasteiger partial charge on any atom is 0.282 e. The van der Waals surface area contributed by atoms with Gasteiger partial charge >= 0.3 is 0 Å². The molecule has 8 heteroatoms. The lowest BCUT2D eigenvalue weighted by Gasteiger charge is -2.32. The van der Waals surface area contributed by atoms with E-state index in [4.69, 9.17) is 5.73 Å². The summed E-state index contributed by atoms with van der Waals surface area (Å²) in [5.74, 6) is 0. The second-order valence-corrected chi connectivity index (χ2v) is 9.54. The fourth-order valence-corrected chi connectivity index (χ4v) is 5.07. The average molecular weight is 486 g/mol. The van der Waals surface area contributed by atoms with Crippen LogP contribution >= 0.6 is 0 Å². The van der Waals surface area contributed by atoms with Gasteiger partial charge in [0.1, 0.15) is 5.54 Å². The lowest BCUT2D eigenvalue weighted by molar-refractivity contribution is -0.385. The normalized spacial score (nSPS) is 13.7. The van der Waals surface area contributed by atoms with E-state index in [0.717, 1.165) is 5.56 Å². The van der Waals surface area contributed by atoms with Gasteiger partial charge in [-0.2, -0.15) is 12.8 Å². The Kier molecular flexibility index (Phi) is 6.86. The molecule has 1 unspecified atom stereocenters. The molecular formula is C27H23N3O4S. The quantitative estimate of drug-likeness (QED) is 0.217. The smallest absolute Gasteiger partial charge is 0.282 e. The lowest BCUT2D eigenvalue weighted by Crippen LogP contribution is -2.47. The zero-order valence-corrected chi connectivity index (χ0v) is 19.5. The molecule has 4 aromatic carbocycles. The maximum atomic E-state index is 13.4. The Balaban J connectivity index is 2.04. The molecule has 4 rings (SSSR count). The third kappa shape index (κ3) is 5.03. The minimum atomic E-state index is -4.17. The van der Waals surface area contributed by atoms with Gasteiger partial charge in [0.15, 0.2) is 0 Å². The molecule has 0 aliphatic carbocycles. The van der Waals surface area contributed by atoms with Crippen LogP contribution < -0.4 is 5.73 Å². The van der Waals surface area contributed by atoms with Crippen LogP contribution in [0.2, 0.25) is 0 Å². The molecule has 1 atom stereocenters. The zero-order valence-electron chi connectivity index (χ0n) is 18.7. The molecule has 4 aromatic rings. The van der Waals surface area contributed by atoms with Crippen molar-refractivity contribution in [1.82, 2.24) is 0 Å². The summed E-state index contributed by atoms with van der Waals surface area (Å²) in [7, 11) is -4.17. The zero-order chi connectivity index (χ0) is 24.9. The van der Waals surface area contributed by atoms with E-state index in [0.29, 0.717) is 5.56 Å². The molecule has 0 aliphatic heterocycles. The molecule has 176 valence electrons. The Morgan fingerprint density at radius 2 is 1.31 bits per heavy atom. The topological polar surface area (TPSA) is 116 Å². The third-order valence-corrected chi connectivity index (χ3v) is 7.02. The molecule has 7 nitrogen and oxygen atoms in total. The van der Waals surface area contributed by atoms with E-state index in [1.54, 1.807) is 66.7 Å². The van der Waals surface area contributed by atoms with E-state index in [-0.39, 0.29) is 28.3 Å². The second-order valence-electron chi connectivity index (χ2n) is 7.94. The Morgan fingerprint density at radius 3 is 1.91 bits per heavy atom. The van der Waals surface area contributed by atoms with E-state index in [9.17, 15) is 18.5 Å². The highest BCUT2D eigenvalue weighted by Gasteiger charge is 2.41. The van der Waals surface area contributed by atoms with Crippen LogP contribution in [-0.2, 0) is 22.0 Å². The summed E-state index contributed by atoms with van der Waals surface area (Å²) >= 11 is 0. The Hall–Kier alpha value is -4.14. The predicted octanol–water partition coefficient (Wildman–Crippen LogP) is 4.87. The number of nitrogens with zero attached hydrogens (tertiary/aromatic N) is 2. The molecule has 0 spiro atoms. The van der Waals surface area contributed by atoms with Crippen molar-refractivity contribution in [2.75, 3.05) is 0 Å². The number of nitrogens with two attached hydrogens (primary N) is 1. The minimum Gasteiger partial charge on any atom is -0.313 e. The van der Waals surface area contributed by atoms with Gasteiger partial charge in [-0.05, 0) is 29.3 Å². The molecule has 0 aliphatic rings. The number of para-hydroxylation sites is 1. The summed E-state index contributed by atoms with van der Waals surface area (Å²) in [5, 5.41) is 12.0. The maximum absolute atomic E-state index is 13.4. The van der Waals surface area contributed by atoms with Gasteiger partial charge in [0.05, 0.1) is 21.1 Å². The van der Waals surface area contributed by atoms with E-state index < -0.39 is 20.5 Å². The number of rotatable bonds is 8. The van der Waals surface area contributed by atoms with Gasteiger partial charge in [-0.1, -0.05) is 91.0 Å². The van der Waals surface area contributed by atoms with Crippen LogP contribution in [0.4, 0.5) is 5.69 Å². The number of nitro benzene ring substituents is 1. The van der Waals surface area contributed by atoms with Crippen molar-refractivity contribution < 1.29 is 13.3 Å². The Morgan fingerprint density at radius 1 is 0.800 bits per heavy atom. The summed E-state index contributed by atoms with van der Waals surface area (Å²) in [5.41, 5.74) is 6.58. The SMILES string of the molecule is NC(C(Cc1ccccc1)=NS(=O)(=O)c1ccccc1)(c1ccccc1)c1ccccc1[N+](=O)[O-]. The molecule has 0 bridgehead atoms. The summed E-state index contributed by atoms with van der Waals surface area (Å²) in [6.07, 6.45) is 0.0599. The van der Waals surface area contributed by atoms with Crippen molar-refractivity contribution in [1.29, 1.82) is 0 Å². The van der Waals surface area contributed by atoms with Crippen molar-refractivity contribution in [2.24, 2.45) is 10.1 Å². The molecule has 0 fully saturated rings. The summed E-state index contributed by atoms with van der Waals surface area (Å²) in [4.78, 5) is 11.5. The number of sulfonamides is 1. The monoisotopic (exact) mass is 485 g/mol. The average Bonchev–Trinajstić information content (AvgIpc) is 2.89. The fraction of sp³-hybridized carbons (Fsp3) is 0.0741. The van der Waals surface area contributed by atoms with E-state index in [2.05, 4.69) is 4.40 Å². The first-order chi connectivity index (χ1) is 16.8. The first-order valence-electron chi connectivity index (χ1n) is 10.8. The lowest BCUT2D eigenvalue weighted by atomic mass is 9.77. The third-order valence-electron chi connectivity index (χ3n) is 5.70. The number of benzene rings is 4. The van der Waals surface area contributed by atoms with Crippen LogP contribution in [0.25, 0.3) is 0 Å². The first-order valence-corrected chi connectivity index (χ1v) is 12.3. The van der Waals surface area contributed by atoms with Crippen LogP contribution in [0.15, 0.2) is 125 Å². The van der Waals surface area contributed by atoms with Gasteiger partial charge in [0, 0.05) is 12.5 Å². The number of hydrogen-bond acceptors (Lipinski definition) is 5. The van der Waals surface area contributed by atoms with Gasteiger partial charge in [-0.3, -0.25) is 10.1 Å². The van der Waals surface area contributed by atoms with Gasteiger partial charge in [0.25, 0.3) is 15.7 Å². The highest BCUT2D eigenvalue weighted by molar-refractivity contribution is 7.90. The Bertz CT molecular complexity index is 1460. The second kappa shape index (κ2) is 10.0. The molecule has 0 amide bonds. The molecule has 0 saturated heterocycles. The largest absolute Gasteiger partial charge is 0.313 e. The first kappa shape index (κ1) is 24.0. The molecule has 0 aromatic heterocycles. The standard InChI is InChI=1S/C27H23N3O4S/c28-27(22-14-6-2-7-15-22,24-18-10-11-19-25(24)30(31)32)26(20-21-12-4-1-5-13-21)29-35(33,34)23-16-8-3-9-17-23/h1-19H,20,28H2. The Labute approximate surface area is 203 Å². The molecule has 0 radical (unpaired) electrons. The molecule has 0 heterocycles. The van der Waals surface area contributed by atoms with Crippen LogP contribution in [0, 0.1) is 10.1 Å². The van der Waals surface area contributed by atoms with Gasteiger partial charge in [0.2, 0.25) is 0 Å². The van der Waals surface area contributed by atoms with Crippen molar-refractivity contribution in [3.05, 3.63) is 142 Å². The summed E-state index contributed by atoms with van der Waals surface area (Å²) < 4.78 is 31.0. The van der Waals surface area contributed by atoms with E-state index >= 15 is 0 Å². The van der Waals surface area contributed by atoms with Crippen molar-refractivity contribution in [2.45, 2.75) is 16.9 Å². The molecule has 35 heavy (non-hydrogen) atoms. The fourth-order valence-electron chi connectivity index (χ4n) is 3.97. The van der Waals surface area contributed by atoms with Crippen LogP contribution in [0.3, 0.4) is 0 Å². The molecular weight excluding hydrogens is 462 g/mol. The van der Waals surface area contributed by atoms with Crippen molar-refractivity contribution in [3.63, 3.8) is 0 Å². The molecule has 0 saturated carbocycles. The summed E-state index contributed by atoms with van der Waals surface area (Å²) in [6, 6.07) is 31.8. The number of nitro groups is 1. The van der Waals surface area contributed by atoms with Crippen molar-refractivity contribution >= 4 is 21.4 Å². The highest BCUT2D eigenvalue weighted by atomic mass is 32.2. The van der Waals surface area contributed by atoms with Gasteiger partial charge in [-0.25, -0.2) is 0 Å². The minimum absolute atomic E-state index is 0.00327. The highest BCUT2D eigenvalue weighted by Crippen LogP contribution is 2.36.